The first-order valence-electron chi connectivity index (χ1n) is 10.1. The Morgan fingerprint density at radius 2 is 1.96 bits per heavy atom. The van der Waals surface area contributed by atoms with Gasteiger partial charge in [-0.05, 0) is 55.7 Å². The summed E-state index contributed by atoms with van der Waals surface area (Å²) in [6.45, 7) is 13.0. The lowest BCUT2D eigenvalue weighted by atomic mass is 9.92. The molecule has 4 nitrogen and oxygen atoms in total. The van der Waals surface area contributed by atoms with Crippen molar-refractivity contribution in [2.45, 2.75) is 89.8 Å². The molecule has 0 radical (unpaired) electrons. The number of hydrogen-bond donors (Lipinski definition) is 0. The molecule has 0 amide bonds. The standard InChI is InChI=1S/C20H36O4Si/c1-20(2,3)25(4,5)23-13-17-16-12-15(21)10-14(16)11-18(17)24-19-8-6-7-9-22-19/h14,16-19H,6-13H2,1-5H3/t14-,16+,17+,18+,19?/m0/s1. The average Bonchev–Trinajstić information content (AvgIpc) is 3.01. The predicted molar refractivity (Wildman–Crippen MR) is 101 cm³/mol. The number of ketones is 1. The molecule has 1 aliphatic heterocycles. The van der Waals surface area contributed by atoms with Crippen molar-refractivity contribution in [1.82, 2.24) is 0 Å². The van der Waals surface area contributed by atoms with Crippen LogP contribution in [0.2, 0.25) is 18.1 Å². The van der Waals surface area contributed by atoms with Gasteiger partial charge in [0.05, 0.1) is 6.10 Å². The van der Waals surface area contributed by atoms with Crippen LogP contribution in [0.5, 0.6) is 0 Å². The van der Waals surface area contributed by atoms with E-state index in [0.717, 1.165) is 45.3 Å². The molecule has 0 aromatic rings. The molecule has 25 heavy (non-hydrogen) atoms. The van der Waals surface area contributed by atoms with Crippen LogP contribution in [0.25, 0.3) is 0 Å². The molecule has 3 rings (SSSR count). The lowest BCUT2D eigenvalue weighted by Crippen LogP contribution is -2.44. The van der Waals surface area contributed by atoms with E-state index in [1.165, 1.54) is 6.42 Å². The van der Waals surface area contributed by atoms with Crippen molar-refractivity contribution in [2.24, 2.45) is 17.8 Å². The van der Waals surface area contributed by atoms with Gasteiger partial charge in [0.1, 0.15) is 5.78 Å². The molecule has 5 heteroatoms. The van der Waals surface area contributed by atoms with E-state index < -0.39 is 8.32 Å². The Bertz CT molecular complexity index is 479. The number of carbonyl (C=O) groups excluding carboxylic acids is 1. The second-order valence-electron chi connectivity index (χ2n) is 9.81. The monoisotopic (exact) mass is 368 g/mol. The minimum atomic E-state index is -1.79. The molecule has 1 unspecified atom stereocenters. The third kappa shape index (κ3) is 4.37. The summed E-state index contributed by atoms with van der Waals surface area (Å²) in [5.41, 5.74) is 0. The van der Waals surface area contributed by atoms with E-state index in [4.69, 9.17) is 13.9 Å². The van der Waals surface area contributed by atoms with Crippen LogP contribution < -0.4 is 0 Å². The topological polar surface area (TPSA) is 44.8 Å². The summed E-state index contributed by atoms with van der Waals surface area (Å²) in [4.78, 5) is 12.0. The molecule has 144 valence electrons. The third-order valence-electron chi connectivity index (χ3n) is 7.03. The molecule has 2 aliphatic carbocycles. The summed E-state index contributed by atoms with van der Waals surface area (Å²) >= 11 is 0. The molecule has 3 fully saturated rings. The number of rotatable bonds is 5. The number of Topliss-reactive ketones (excluding diaryl/α,β-unsaturated/α-hetero) is 1. The molecular weight excluding hydrogens is 332 g/mol. The third-order valence-corrected chi connectivity index (χ3v) is 11.5. The lowest BCUT2D eigenvalue weighted by molar-refractivity contribution is -0.198. The van der Waals surface area contributed by atoms with E-state index in [0.29, 0.717) is 23.5 Å². The Kier molecular flexibility index (Phi) is 5.79. The number of fused-ring (bicyclic) bond motifs is 1. The Hall–Kier alpha value is -0.233. The lowest BCUT2D eigenvalue weighted by Gasteiger charge is -2.38. The first-order valence-corrected chi connectivity index (χ1v) is 13.0. The van der Waals surface area contributed by atoms with Gasteiger partial charge in [-0.25, -0.2) is 0 Å². The first kappa shape index (κ1) is 19.5. The highest BCUT2D eigenvalue weighted by Gasteiger charge is 2.50. The molecular formula is C20H36O4Si. The summed E-state index contributed by atoms with van der Waals surface area (Å²) in [5, 5.41) is 0.208. The van der Waals surface area contributed by atoms with Gasteiger partial charge in [-0.2, -0.15) is 0 Å². The zero-order valence-corrected chi connectivity index (χ0v) is 17.7. The maximum absolute atomic E-state index is 12.0. The van der Waals surface area contributed by atoms with Crippen LogP contribution in [-0.4, -0.2) is 39.7 Å². The van der Waals surface area contributed by atoms with E-state index >= 15 is 0 Å². The fourth-order valence-corrected chi connectivity index (χ4v) is 5.43. The van der Waals surface area contributed by atoms with Crippen molar-refractivity contribution in [1.29, 1.82) is 0 Å². The summed E-state index contributed by atoms with van der Waals surface area (Å²) in [7, 11) is -1.79. The van der Waals surface area contributed by atoms with Crippen LogP contribution in [0.4, 0.5) is 0 Å². The van der Waals surface area contributed by atoms with Gasteiger partial charge in [0, 0.05) is 32.0 Å². The Morgan fingerprint density at radius 1 is 1.20 bits per heavy atom. The molecule has 0 N–H and O–H groups in total. The summed E-state index contributed by atoms with van der Waals surface area (Å²) in [5.74, 6) is 1.72. The largest absolute Gasteiger partial charge is 0.416 e. The maximum Gasteiger partial charge on any atom is 0.191 e. The molecule has 1 saturated heterocycles. The fraction of sp³-hybridized carbons (Fsp3) is 0.950. The van der Waals surface area contributed by atoms with Gasteiger partial charge in [-0.3, -0.25) is 4.79 Å². The van der Waals surface area contributed by atoms with Gasteiger partial charge in [0.2, 0.25) is 0 Å². The quantitative estimate of drug-likeness (QED) is 0.669. The van der Waals surface area contributed by atoms with Crippen molar-refractivity contribution in [3.63, 3.8) is 0 Å². The highest BCUT2D eigenvalue weighted by Crippen LogP contribution is 2.49. The zero-order valence-electron chi connectivity index (χ0n) is 16.7. The number of carbonyl (C=O) groups is 1. The minimum absolute atomic E-state index is 0.0522. The van der Waals surface area contributed by atoms with Crippen LogP contribution >= 0.6 is 0 Å². The van der Waals surface area contributed by atoms with E-state index in [1.54, 1.807) is 0 Å². The van der Waals surface area contributed by atoms with Gasteiger partial charge in [-0.1, -0.05) is 20.8 Å². The zero-order chi connectivity index (χ0) is 18.2. The van der Waals surface area contributed by atoms with E-state index in [-0.39, 0.29) is 17.4 Å². The highest BCUT2D eigenvalue weighted by atomic mass is 28.4. The van der Waals surface area contributed by atoms with Crippen LogP contribution in [0, 0.1) is 17.8 Å². The van der Waals surface area contributed by atoms with Crippen LogP contribution in [0.1, 0.15) is 59.3 Å². The number of hydrogen-bond acceptors (Lipinski definition) is 4. The Balaban J connectivity index is 1.66. The second-order valence-corrected chi connectivity index (χ2v) is 14.6. The van der Waals surface area contributed by atoms with Gasteiger partial charge < -0.3 is 13.9 Å². The van der Waals surface area contributed by atoms with Crippen LogP contribution in [0.15, 0.2) is 0 Å². The van der Waals surface area contributed by atoms with Crippen molar-refractivity contribution >= 4 is 14.1 Å². The minimum Gasteiger partial charge on any atom is -0.416 e. The molecule has 0 spiro atoms. The van der Waals surface area contributed by atoms with Crippen molar-refractivity contribution < 1.29 is 18.7 Å². The van der Waals surface area contributed by atoms with Gasteiger partial charge in [0.25, 0.3) is 0 Å². The SMILES string of the molecule is CC(C)(C)[Si](C)(C)OC[C@@H]1[C@@H]2CC(=O)C[C@H]2C[C@H]1OC1CCCCO1. The second kappa shape index (κ2) is 7.41. The predicted octanol–water partition coefficient (Wildman–Crippen LogP) is 4.54. The highest BCUT2D eigenvalue weighted by molar-refractivity contribution is 6.74. The molecule has 1 heterocycles. The van der Waals surface area contributed by atoms with Crippen molar-refractivity contribution in [2.75, 3.05) is 13.2 Å². The Labute approximate surface area is 154 Å². The van der Waals surface area contributed by atoms with Gasteiger partial charge in [0.15, 0.2) is 14.6 Å². The summed E-state index contributed by atoms with van der Waals surface area (Å²) in [6.07, 6.45) is 5.94. The Morgan fingerprint density at radius 3 is 2.60 bits per heavy atom. The smallest absolute Gasteiger partial charge is 0.191 e. The summed E-state index contributed by atoms with van der Waals surface area (Å²) < 4.78 is 18.7. The molecule has 5 atom stereocenters. The summed E-state index contributed by atoms with van der Waals surface area (Å²) in [6, 6.07) is 0. The normalized spacial score (nSPS) is 36.7. The fourth-order valence-electron chi connectivity index (χ4n) is 4.39. The van der Waals surface area contributed by atoms with E-state index in [2.05, 4.69) is 33.9 Å². The molecule has 0 bridgehead atoms. The van der Waals surface area contributed by atoms with Crippen LogP contribution in [0.3, 0.4) is 0 Å². The van der Waals surface area contributed by atoms with E-state index in [1.807, 2.05) is 0 Å². The van der Waals surface area contributed by atoms with Gasteiger partial charge in [-0.15, -0.1) is 0 Å². The first-order chi connectivity index (χ1) is 11.7. The van der Waals surface area contributed by atoms with Gasteiger partial charge >= 0.3 is 0 Å². The average molecular weight is 369 g/mol. The molecule has 3 aliphatic rings. The van der Waals surface area contributed by atoms with Crippen molar-refractivity contribution in [3.8, 4) is 0 Å². The maximum atomic E-state index is 12.0. The molecule has 0 aromatic carbocycles. The molecule has 0 aromatic heterocycles. The molecule has 2 saturated carbocycles. The number of ether oxygens (including phenoxy) is 2. The van der Waals surface area contributed by atoms with E-state index in [9.17, 15) is 4.79 Å². The van der Waals surface area contributed by atoms with Crippen molar-refractivity contribution in [3.05, 3.63) is 0 Å². The van der Waals surface area contributed by atoms with Crippen LogP contribution in [-0.2, 0) is 18.7 Å².